The Bertz CT molecular complexity index is 402. The van der Waals surface area contributed by atoms with E-state index < -0.39 is 0 Å². The molecule has 0 saturated heterocycles. The van der Waals surface area contributed by atoms with Gasteiger partial charge in [0.15, 0.2) is 0 Å². The van der Waals surface area contributed by atoms with Crippen LogP contribution in [0.3, 0.4) is 0 Å². The maximum atomic E-state index is 3.72. The summed E-state index contributed by atoms with van der Waals surface area (Å²) in [4.78, 5) is 2.61. The van der Waals surface area contributed by atoms with Gasteiger partial charge in [0, 0.05) is 24.1 Å². The van der Waals surface area contributed by atoms with Crippen molar-refractivity contribution < 1.29 is 0 Å². The van der Waals surface area contributed by atoms with Crippen molar-refractivity contribution in [3.63, 3.8) is 0 Å². The molecular formula is C16H25BrN2. The van der Waals surface area contributed by atoms with Gasteiger partial charge < -0.3 is 5.32 Å². The van der Waals surface area contributed by atoms with Crippen molar-refractivity contribution in [2.75, 3.05) is 20.1 Å². The first-order valence-corrected chi connectivity index (χ1v) is 8.16. The third kappa shape index (κ3) is 4.90. The summed E-state index contributed by atoms with van der Waals surface area (Å²) in [7, 11) is 1.99. The maximum Gasteiger partial charge on any atom is 0.0245 e. The third-order valence-electron chi connectivity index (χ3n) is 3.65. The molecule has 1 aliphatic rings. The summed E-state index contributed by atoms with van der Waals surface area (Å²) in [5.41, 5.74) is 2.75. The number of nitrogens with one attached hydrogen (secondary N) is 1. The summed E-state index contributed by atoms with van der Waals surface area (Å²) in [6.07, 6.45) is 4.10. The number of hydrogen-bond acceptors (Lipinski definition) is 2. The van der Waals surface area contributed by atoms with Gasteiger partial charge in [-0.2, -0.15) is 0 Å². The minimum Gasteiger partial charge on any atom is -0.316 e. The molecule has 2 nitrogen and oxygen atoms in total. The van der Waals surface area contributed by atoms with Gasteiger partial charge in [-0.15, -0.1) is 0 Å². The van der Waals surface area contributed by atoms with Gasteiger partial charge in [0.2, 0.25) is 0 Å². The van der Waals surface area contributed by atoms with Crippen molar-refractivity contribution in [1.29, 1.82) is 0 Å². The molecule has 0 radical (unpaired) electrons. The Morgan fingerprint density at radius 1 is 1.37 bits per heavy atom. The summed E-state index contributed by atoms with van der Waals surface area (Å²) in [6.45, 7) is 6.76. The lowest BCUT2D eigenvalue weighted by atomic mass is 10.1. The number of benzene rings is 1. The van der Waals surface area contributed by atoms with Gasteiger partial charge in [0.05, 0.1) is 0 Å². The van der Waals surface area contributed by atoms with Crippen LogP contribution in [-0.2, 0) is 13.1 Å². The zero-order valence-corrected chi connectivity index (χ0v) is 13.7. The second kappa shape index (κ2) is 7.41. The first-order chi connectivity index (χ1) is 9.22. The van der Waals surface area contributed by atoms with Gasteiger partial charge in [-0.3, -0.25) is 4.90 Å². The van der Waals surface area contributed by atoms with E-state index in [1.807, 2.05) is 7.05 Å². The lowest BCUT2D eigenvalue weighted by Gasteiger charge is -2.22. The predicted molar refractivity (Wildman–Crippen MR) is 85.2 cm³/mol. The monoisotopic (exact) mass is 324 g/mol. The van der Waals surface area contributed by atoms with E-state index in [-0.39, 0.29) is 0 Å². The summed E-state index contributed by atoms with van der Waals surface area (Å²) in [5, 5.41) is 3.19. The fourth-order valence-corrected chi connectivity index (χ4v) is 3.04. The number of hydrogen-bond donors (Lipinski definition) is 1. The Hall–Kier alpha value is -0.380. The Balaban J connectivity index is 1.98. The van der Waals surface area contributed by atoms with Crippen molar-refractivity contribution >= 4 is 15.9 Å². The molecule has 19 heavy (non-hydrogen) atoms. The zero-order valence-electron chi connectivity index (χ0n) is 12.1. The molecule has 0 aliphatic heterocycles. The highest BCUT2D eigenvalue weighted by Gasteiger charge is 2.24. The molecule has 1 aromatic carbocycles. The lowest BCUT2D eigenvalue weighted by molar-refractivity contribution is 0.254. The Morgan fingerprint density at radius 2 is 2.16 bits per heavy atom. The topological polar surface area (TPSA) is 15.3 Å². The molecule has 1 saturated carbocycles. The van der Waals surface area contributed by atoms with Crippen molar-refractivity contribution in [3.8, 4) is 0 Å². The van der Waals surface area contributed by atoms with Crippen molar-refractivity contribution in [2.24, 2.45) is 5.92 Å². The standard InChI is InChI=1S/C16H25BrN2/c1-3-8-19(11-13-4-5-13)12-15-7-6-14(10-18-2)9-16(15)17/h6-7,9,13,18H,3-5,8,10-12H2,1-2H3. The average molecular weight is 325 g/mol. The van der Waals surface area contributed by atoms with Crippen LogP contribution in [0.5, 0.6) is 0 Å². The predicted octanol–water partition coefficient (Wildman–Crippen LogP) is 3.79. The molecule has 1 aliphatic carbocycles. The van der Waals surface area contributed by atoms with Crippen LogP contribution in [0.15, 0.2) is 22.7 Å². The quantitative estimate of drug-likeness (QED) is 0.782. The molecule has 0 spiro atoms. The molecule has 0 unspecified atom stereocenters. The first kappa shape index (κ1) is 15.0. The number of halogens is 1. The van der Waals surface area contributed by atoms with Crippen LogP contribution in [0.4, 0.5) is 0 Å². The van der Waals surface area contributed by atoms with E-state index in [4.69, 9.17) is 0 Å². The number of nitrogens with zero attached hydrogens (tertiary/aromatic N) is 1. The zero-order chi connectivity index (χ0) is 13.7. The second-order valence-electron chi connectivity index (χ2n) is 5.63. The summed E-state index contributed by atoms with van der Waals surface area (Å²) < 4.78 is 1.25. The average Bonchev–Trinajstić information content (AvgIpc) is 3.17. The van der Waals surface area contributed by atoms with E-state index in [9.17, 15) is 0 Å². The molecular weight excluding hydrogens is 300 g/mol. The largest absolute Gasteiger partial charge is 0.316 e. The highest BCUT2D eigenvalue weighted by molar-refractivity contribution is 9.10. The summed E-state index contributed by atoms with van der Waals surface area (Å²) >= 11 is 3.72. The molecule has 106 valence electrons. The molecule has 1 N–H and O–H groups in total. The Kier molecular flexibility index (Phi) is 5.86. The van der Waals surface area contributed by atoms with Gasteiger partial charge in [0.25, 0.3) is 0 Å². The van der Waals surface area contributed by atoms with E-state index in [1.165, 1.54) is 48.0 Å². The number of rotatable bonds is 8. The first-order valence-electron chi connectivity index (χ1n) is 7.37. The highest BCUT2D eigenvalue weighted by atomic mass is 79.9. The van der Waals surface area contributed by atoms with Crippen LogP contribution < -0.4 is 5.32 Å². The Labute approximate surface area is 125 Å². The van der Waals surface area contributed by atoms with Gasteiger partial charge >= 0.3 is 0 Å². The molecule has 1 fully saturated rings. The van der Waals surface area contributed by atoms with Gasteiger partial charge in [-0.25, -0.2) is 0 Å². The van der Waals surface area contributed by atoms with Gasteiger partial charge in [-0.1, -0.05) is 35.0 Å². The van der Waals surface area contributed by atoms with Crippen molar-refractivity contribution in [2.45, 2.75) is 39.3 Å². The smallest absolute Gasteiger partial charge is 0.0245 e. The summed E-state index contributed by atoms with van der Waals surface area (Å²) in [6, 6.07) is 6.75. The van der Waals surface area contributed by atoms with E-state index in [0.29, 0.717) is 0 Å². The fraction of sp³-hybridized carbons (Fsp3) is 0.625. The molecule has 0 bridgehead atoms. The maximum absolute atomic E-state index is 3.72. The SMILES string of the molecule is CCCN(Cc1ccc(CNC)cc1Br)CC1CC1. The highest BCUT2D eigenvalue weighted by Crippen LogP contribution is 2.30. The van der Waals surface area contributed by atoms with Crippen LogP contribution in [0, 0.1) is 5.92 Å². The van der Waals surface area contributed by atoms with Crippen molar-refractivity contribution in [1.82, 2.24) is 10.2 Å². The second-order valence-corrected chi connectivity index (χ2v) is 6.49. The van der Waals surface area contributed by atoms with Crippen LogP contribution in [0.1, 0.15) is 37.3 Å². The molecule has 3 heteroatoms. The van der Waals surface area contributed by atoms with E-state index in [0.717, 1.165) is 19.0 Å². The molecule has 0 amide bonds. The van der Waals surface area contributed by atoms with Crippen LogP contribution in [0.25, 0.3) is 0 Å². The third-order valence-corrected chi connectivity index (χ3v) is 4.38. The fourth-order valence-electron chi connectivity index (χ4n) is 2.49. The minimum absolute atomic E-state index is 0.930. The normalized spacial score (nSPS) is 15.2. The molecule has 2 rings (SSSR count). The summed E-state index contributed by atoms with van der Waals surface area (Å²) in [5.74, 6) is 0.967. The van der Waals surface area contributed by atoms with Gasteiger partial charge in [0.1, 0.15) is 0 Å². The molecule has 0 heterocycles. The van der Waals surface area contributed by atoms with E-state index in [1.54, 1.807) is 0 Å². The van der Waals surface area contributed by atoms with Gasteiger partial charge in [-0.05, 0) is 56.0 Å². The van der Waals surface area contributed by atoms with E-state index >= 15 is 0 Å². The minimum atomic E-state index is 0.930. The van der Waals surface area contributed by atoms with Crippen molar-refractivity contribution in [3.05, 3.63) is 33.8 Å². The van der Waals surface area contributed by atoms with Crippen LogP contribution >= 0.6 is 15.9 Å². The van der Waals surface area contributed by atoms with Crippen LogP contribution in [0.2, 0.25) is 0 Å². The Morgan fingerprint density at radius 3 is 2.74 bits per heavy atom. The van der Waals surface area contributed by atoms with E-state index in [2.05, 4.69) is 51.3 Å². The lowest BCUT2D eigenvalue weighted by Crippen LogP contribution is -2.26. The molecule has 1 aromatic rings. The molecule has 0 aromatic heterocycles. The van der Waals surface area contributed by atoms with Crippen LogP contribution in [-0.4, -0.2) is 25.0 Å². The molecule has 0 atom stereocenters.